The van der Waals surface area contributed by atoms with Crippen LogP contribution in [0.2, 0.25) is 0 Å². The van der Waals surface area contributed by atoms with Gasteiger partial charge in [-0.2, -0.15) is 5.10 Å². The van der Waals surface area contributed by atoms with E-state index < -0.39 is 0 Å². The first kappa shape index (κ1) is 16.4. The van der Waals surface area contributed by atoms with Crippen molar-refractivity contribution in [3.63, 3.8) is 0 Å². The Morgan fingerprint density at radius 2 is 1.85 bits per heavy atom. The van der Waals surface area contributed by atoms with Gasteiger partial charge in [-0.3, -0.25) is 5.10 Å². The van der Waals surface area contributed by atoms with Crippen LogP contribution in [0.4, 0.5) is 11.6 Å². The van der Waals surface area contributed by atoms with Crippen molar-refractivity contribution in [2.24, 2.45) is 0 Å². The molecule has 0 bridgehead atoms. The van der Waals surface area contributed by atoms with Gasteiger partial charge in [-0.25, -0.2) is 4.98 Å². The van der Waals surface area contributed by atoms with Crippen LogP contribution in [0, 0.1) is 0 Å². The lowest BCUT2D eigenvalue weighted by Gasteiger charge is -2.13. The number of fused-ring (bicyclic) bond motifs is 1. The number of pyridine rings is 1. The summed E-state index contributed by atoms with van der Waals surface area (Å²) in [5.41, 5.74) is 2.88. The summed E-state index contributed by atoms with van der Waals surface area (Å²) in [6, 6.07) is 7.93. The first-order chi connectivity index (χ1) is 12.6. The zero-order chi connectivity index (χ0) is 18.3. The second-order valence-electron chi connectivity index (χ2n) is 6.67. The van der Waals surface area contributed by atoms with Crippen LogP contribution in [-0.2, 0) is 0 Å². The molecule has 1 fully saturated rings. The van der Waals surface area contributed by atoms with Crippen molar-refractivity contribution < 1.29 is 9.47 Å². The molecular formula is C20H22N4O2. The number of anilines is 2. The number of methoxy groups -OCH3 is 2. The van der Waals surface area contributed by atoms with Crippen molar-refractivity contribution in [2.75, 3.05) is 19.5 Å². The highest BCUT2D eigenvalue weighted by Crippen LogP contribution is 2.40. The minimum absolute atomic E-state index is 0.630. The van der Waals surface area contributed by atoms with Gasteiger partial charge in [-0.1, -0.05) is 6.58 Å². The quantitative estimate of drug-likeness (QED) is 0.678. The lowest BCUT2D eigenvalue weighted by molar-refractivity contribution is 0.356. The fourth-order valence-corrected chi connectivity index (χ4v) is 3.10. The first-order valence-corrected chi connectivity index (χ1v) is 8.64. The number of nitrogens with one attached hydrogen (secondary N) is 2. The summed E-state index contributed by atoms with van der Waals surface area (Å²) in [5, 5.41) is 12.7. The van der Waals surface area contributed by atoms with Crippen LogP contribution in [0.5, 0.6) is 11.5 Å². The zero-order valence-electron chi connectivity index (χ0n) is 15.2. The monoisotopic (exact) mass is 350 g/mol. The topological polar surface area (TPSA) is 72.1 Å². The predicted molar refractivity (Wildman–Crippen MR) is 103 cm³/mol. The summed E-state index contributed by atoms with van der Waals surface area (Å²) in [5.74, 6) is 3.47. The fraction of sp³-hybridized carbons (Fsp3) is 0.300. The number of ether oxygens (including phenoxy) is 2. The minimum atomic E-state index is 0.630. The van der Waals surface area contributed by atoms with Gasteiger partial charge in [-0.15, -0.1) is 0 Å². The molecule has 0 amide bonds. The lowest BCUT2D eigenvalue weighted by atomic mass is 10.0. The second kappa shape index (κ2) is 6.37. The molecule has 6 nitrogen and oxygen atoms in total. The van der Waals surface area contributed by atoms with Crippen LogP contribution in [0.25, 0.3) is 16.3 Å². The van der Waals surface area contributed by atoms with Crippen LogP contribution < -0.4 is 14.8 Å². The molecule has 1 saturated carbocycles. The van der Waals surface area contributed by atoms with E-state index in [2.05, 4.69) is 28.2 Å². The molecule has 1 aromatic carbocycles. The van der Waals surface area contributed by atoms with Gasteiger partial charge < -0.3 is 14.8 Å². The number of nitrogens with zero attached hydrogens (tertiary/aromatic N) is 2. The minimum Gasteiger partial charge on any atom is -0.493 e. The summed E-state index contributed by atoms with van der Waals surface area (Å²) in [7, 11) is 3.26. The van der Waals surface area contributed by atoms with Crippen LogP contribution in [-0.4, -0.2) is 29.4 Å². The summed E-state index contributed by atoms with van der Waals surface area (Å²) in [6.07, 6.45) is 2.47. The standard InChI is InChI=1S/C20H22N4O2/c1-11(2)20-14-9-17(26-4)16(25-3)7-13(14)8-18(22-20)21-19-10-15(23-24-19)12-5-6-12/h7-10,12H,1,5-6H2,2-4H3,(H2,21,22,23,24). The highest BCUT2D eigenvalue weighted by Gasteiger charge is 2.25. The summed E-state index contributed by atoms with van der Waals surface area (Å²) >= 11 is 0. The molecule has 0 spiro atoms. The molecule has 26 heavy (non-hydrogen) atoms. The molecule has 0 saturated heterocycles. The molecule has 0 radical (unpaired) electrons. The molecule has 2 aromatic heterocycles. The van der Waals surface area contributed by atoms with Gasteiger partial charge in [0.15, 0.2) is 17.3 Å². The largest absolute Gasteiger partial charge is 0.493 e. The van der Waals surface area contributed by atoms with Crippen molar-refractivity contribution >= 4 is 28.0 Å². The fourth-order valence-electron chi connectivity index (χ4n) is 3.10. The molecule has 1 aliphatic rings. The van der Waals surface area contributed by atoms with Crippen molar-refractivity contribution in [2.45, 2.75) is 25.7 Å². The van der Waals surface area contributed by atoms with E-state index >= 15 is 0 Å². The maximum atomic E-state index is 5.43. The van der Waals surface area contributed by atoms with Gasteiger partial charge in [0.2, 0.25) is 0 Å². The summed E-state index contributed by atoms with van der Waals surface area (Å²) < 4.78 is 10.9. The molecule has 2 heterocycles. The number of aromatic amines is 1. The van der Waals surface area contributed by atoms with Gasteiger partial charge in [0.25, 0.3) is 0 Å². The maximum absolute atomic E-state index is 5.43. The van der Waals surface area contributed by atoms with Gasteiger partial charge in [-0.05, 0) is 48.9 Å². The van der Waals surface area contributed by atoms with Crippen molar-refractivity contribution in [3.8, 4) is 11.5 Å². The molecule has 0 aliphatic heterocycles. The third-order valence-corrected chi connectivity index (χ3v) is 4.61. The number of aromatic nitrogens is 3. The van der Waals surface area contributed by atoms with E-state index in [1.807, 2.05) is 25.1 Å². The summed E-state index contributed by atoms with van der Waals surface area (Å²) in [6.45, 7) is 6.02. The van der Waals surface area contributed by atoms with Gasteiger partial charge >= 0.3 is 0 Å². The molecule has 0 unspecified atom stereocenters. The SMILES string of the molecule is C=C(C)c1nc(Nc2cc(C3CC3)[nH]n2)cc2cc(OC)c(OC)cc12. The Morgan fingerprint density at radius 1 is 1.12 bits per heavy atom. The molecule has 4 rings (SSSR count). The normalized spacial score (nSPS) is 13.7. The van der Waals surface area contributed by atoms with E-state index in [0.29, 0.717) is 17.4 Å². The Hall–Kier alpha value is -3.02. The van der Waals surface area contributed by atoms with Crippen LogP contribution in [0.15, 0.2) is 30.8 Å². The molecular weight excluding hydrogens is 328 g/mol. The number of H-pyrrole nitrogens is 1. The second-order valence-corrected chi connectivity index (χ2v) is 6.67. The third kappa shape index (κ3) is 2.98. The van der Waals surface area contributed by atoms with Gasteiger partial charge in [0, 0.05) is 23.1 Å². The Balaban J connectivity index is 1.77. The average Bonchev–Trinajstić information content (AvgIpc) is 3.39. The van der Waals surface area contributed by atoms with E-state index in [1.54, 1.807) is 14.2 Å². The number of allylic oxidation sites excluding steroid dienone is 1. The molecule has 0 atom stereocenters. The Morgan fingerprint density at radius 3 is 2.50 bits per heavy atom. The van der Waals surface area contributed by atoms with Crippen molar-refractivity contribution in [3.05, 3.63) is 42.2 Å². The maximum Gasteiger partial charge on any atom is 0.161 e. The predicted octanol–water partition coefficient (Wildman–Crippen LogP) is 4.63. The average molecular weight is 350 g/mol. The lowest BCUT2D eigenvalue weighted by Crippen LogP contribution is -1.99. The van der Waals surface area contributed by atoms with Crippen molar-refractivity contribution in [1.29, 1.82) is 0 Å². The highest BCUT2D eigenvalue weighted by atomic mass is 16.5. The van der Waals surface area contributed by atoms with Crippen LogP contribution in [0.3, 0.4) is 0 Å². The van der Waals surface area contributed by atoms with Gasteiger partial charge in [0.1, 0.15) is 5.82 Å². The molecule has 2 N–H and O–H groups in total. The third-order valence-electron chi connectivity index (χ3n) is 4.61. The summed E-state index contributed by atoms with van der Waals surface area (Å²) in [4.78, 5) is 4.74. The number of benzene rings is 1. The number of hydrogen-bond donors (Lipinski definition) is 2. The molecule has 3 aromatic rings. The van der Waals surface area contributed by atoms with E-state index in [-0.39, 0.29) is 0 Å². The molecule has 1 aliphatic carbocycles. The Labute approximate surface area is 152 Å². The molecule has 134 valence electrons. The van der Waals surface area contributed by atoms with Crippen LogP contribution in [0.1, 0.15) is 37.1 Å². The smallest absolute Gasteiger partial charge is 0.161 e. The Bertz CT molecular complexity index is 989. The van der Waals surface area contributed by atoms with E-state index in [4.69, 9.17) is 14.5 Å². The number of hydrogen-bond acceptors (Lipinski definition) is 5. The van der Waals surface area contributed by atoms with E-state index in [0.717, 1.165) is 33.7 Å². The Kier molecular flexibility index (Phi) is 4.03. The number of rotatable bonds is 6. The zero-order valence-corrected chi connectivity index (χ0v) is 15.2. The van der Waals surface area contributed by atoms with E-state index in [1.165, 1.54) is 18.5 Å². The highest BCUT2D eigenvalue weighted by molar-refractivity contribution is 5.95. The van der Waals surface area contributed by atoms with Crippen molar-refractivity contribution in [1.82, 2.24) is 15.2 Å². The van der Waals surface area contributed by atoms with Crippen LogP contribution >= 0.6 is 0 Å². The van der Waals surface area contributed by atoms with Gasteiger partial charge in [0.05, 0.1) is 19.9 Å². The van der Waals surface area contributed by atoms with E-state index in [9.17, 15) is 0 Å². The first-order valence-electron chi connectivity index (χ1n) is 8.64. The molecule has 6 heteroatoms.